The topological polar surface area (TPSA) is 109 Å². The van der Waals surface area contributed by atoms with E-state index in [1.807, 2.05) is 6.92 Å². The summed E-state index contributed by atoms with van der Waals surface area (Å²) in [7, 11) is -3.54. The van der Waals surface area contributed by atoms with Crippen LogP contribution in [-0.2, 0) is 4.79 Å². The van der Waals surface area contributed by atoms with Crippen molar-refractivity contribution >= 4 is 39.3 Å². The number of carbonyl (C=O) groups is 1. The minimum absolute atomic E-state index is 0.00750. The number of ether oxygens (including phenoxy) is 1. The first-order valence-electron chi connectivity index (χ1n) is 10.3. The van der Waals surface area contributed by atoms with E-state index in [1.54, 1.807) is 73.7 Å². The van der Waals surface area contributed by atoms with Crippen LogP contribution in [0.1, 0.15) is 22.7 Å². The summed E-state index contributed by atoms with van der Waals surface area (Å²) in [5.74, 6) is -0.650. The summed E-state index contributed by atoms with van der Waals surface area (Å²) in [4.78, 5) is 25.4. The third-order valence-electron chi connectivity index (χ3n) is 5.29. The van der Waals surface area contributed by atoms with E-state index in [-0.39, 0.29) is 21.3 Å². The number of fused-ring (bicyclic) bond motifs is 1. The van der Waals surface area contributed by atoms with E-state index in [9.17, 15) is 18.7 Å². The van der Waals surface area contributed by atoms with Gasteiger partial charge in [0.25, 0.3) is 0 Å². The summed E-state index contributed by atoms with van der Waals surface area (Å²) < 4.78 is 35.0. The standard InChI is InChI=1S/C25H22ClNO6S/c1-15-8-11-19(12-9-15)34(30,31)27-23(17-6-4-3-5-7-17)25(29)32-18-10-13-20-16(2)22(26)24(28)33-21(20)14-18/h3-14,23,27,30-31H,1-2H3/t23-/m1/s1. The summed E-state index contributed by atoms with van der Waals surface area (Å²) in [6.45, 7) is 3.58. The van der Waals surface area contributed by atoms with Crippen molar-refractivity contribution in [2.45, 2.75) is 24.8 Å². The zero-order valence-corrected chi connectivity index (χ0v) is 19.9. The Morgan fingerprint density at radius 1 is 1.03 bits per heavy atom. The van der Waals surface area contributed by atoms with Gasteiger partial charge in [0, 0.05) is 11.5 Å². The molecule has 0 saturated carbocycles. The van der Waals surface area contributed by atoms with Crippen molar-refractivity contribution in [1.82, 2.24) is 4.72 Å². The third kappa shape index (κ3) is 5.01. The molecule has 0 aliphatic heterocycles. The third-order valence-corrected chi connectivity index (χ3v) is 7.22. The summed E-state index contributed by atoms with van der Waals surface area (Å²) in [5.41, 5.74) is 1.52. The molecular formula is C25H22ClNO6S. The fourth-order valence-corrected chi connectivity index (χ4v) is 4.76. The number of carbonyl (C=O) groups excluding carboxylic acids is 1. The summed E-state index contributed by atoms with van der Waals surface area (Å²) in [6, 6.07) is 18.7. The summed E-state index contributed by atoms with van der Waals surface area (Å²) >= 11 is 5.97. The van der Waals surface area contributed by atoms with E-state index in [1.165, 1.54) is 6.07 Å². The number of halogens is 1. The van der Waals surface area contributed by atoms with Crippen molar-refractivity contribution in [3.63, 3.8) is 0 Å². The fraction of sp³-hybridized carbons (Fsp3) is 0.120. The van der Waals surface area contributed by atoms with Crippen LogP contribution in [0, 0.1) is 13.8 Å². The number of hydrogen-bond donors (Lipinski definition) is 3. The Morgan fingerprint density at radius 3 is 2.38 bits per heavy atom. The Kier molecular flexibility index (Phi) is 6.79. The Labute approximate surface area is 202 Å². The molecule has 0 aliphatic rings. The van der Waals surface area contributed by atoms with Crippen molar-refractivity contribution in [1.29, 1.82) is 0 Å². The normalized spacial score (nSPS) is 13.0. The van der Waals surface area contributed by atoms with Gasteiger partial charge in [-0.15, -0.1) is 10.8 Å². The molecule has 0 saturated heterocycles. The Balaban J connectivity index is 1.66. The minimum atomic E-state index is -3.54. The van der Waals surface area contributed by atoms with E-state index in [0.29, 0.717) is 16.5 Å². The maximum Gasteiger partial charge on any atom is 0.355 e. The SMILES string of the molecule is Cc1ccc(S(O)(O)N[C@@H](C(=O)Oc2ccc3c(C)c(Cl)c(=O)oc3c2)c2ccccc2)cc1. The van der Waals surface area contributed by atoms with Crippen LogP contribution in [0.3, 0.4) is 0 Å². The van der Waals surface area contributed by atoms with Crippen LogP contribution in [-0.4, -0.2) is 15.1 Å². The lowest BCUT2D eigenvalue weighted by molar-refractivity contribution is -0.136. The van der Waals surface area contributed by atoms with Crippen LogP contribution in [0.4, 0.5) is 0 Å². The molecule has 0 amide bonds. The molecule has 7 nitrogen and oxygen atoms in total. The molecule has 1 aromatic heterocycles. The molecular weight excluding hydrogens is 478 g/mol. The van der Waals surface area contributed by atoms with Crippen LogP contribution in [0.15, 0.2) is 86.9 Å². The van der Waals surface area contributed by atoms with E-state index >= 15 is 0 Å². The molecule has 0 bridgehead atoms. The second-order valence-electron chi connectivity index (χ2n) is 7.73. The molecule has 4 rings (SSSR count). The number of aryl methyl sites for hydroxylation is 2. The molecule has 0 unspecified atom stereocenters. The largest absolute Gasteiger partial charge is 0.425 e. The lowest BCUT2D eigenvalue weighted by Gasteiger charge is -2.36. The molecule has 0 radical (unpaired) electrons. The molecule has 4 aromatic rings. The van der Waals surface area contributed by atoms with Crippen LogP contribution in [0.5, 0.6) is 5.75 Å². The number of hydrogen-bond acceptors (Lipinski definition) is 7. The van der Waals surface area contributed by atoms with Crippen molar-refractivity contribution in [2.24, 2.45) is 0 Å². The van der Waals surface area contributed by atoms with Gasteiger partial charge in [-0.2, -0.15) is 4.72 Å². The Bertz CT molecular complexity index is 1400. The quantitative estimate of drug-likeness (QED) is 0.169. The highest BCUT2D eigenvalue weighted by molar-refractivity contribution is 8.22. The highest BCUT2D eigenvalue weighted by atomic mass is 35.5. The van der Waals surface area contributed by atoms with Gasteiger partial charge < -0.3 is 9.15 Å². The number of rotatable bonds is 6. The predicted octanol–water partition coefficient (Wildman–Crippen LogP) is 6.02. The van der Waals surface area contributed by atoms with Gasteiger partial charge in [0.1, 0.15) is 22.4 Å². The van der Waals surface area contributed by atoms with Gasteiger partial charge in [-0.3, -0.25) is 9.11 Å². The van der Waals surface area contributed by atoms with E-state index < -0.39 is 28.4 Å². The molecule has 3 N–H and O–H groups in total. The zero-order valence-electron chi connectivity index (χ0n) is 18.3. The van der Waals surface area contributed by atoms with Gasteiger partial charge in [-0.25, -0.2) is 9.59 Å². The second-order valence-corrected chi connectivity index (χ2v) is 9.91. The molecule has 176 valence electrons. The second kappa shape index (κ2) is 9.61. The molecule has 0 spiro atoms. The van der Waals surface area contributed by atoms with Gasteiger partial charge in [0.15, 0.2) is 0 Å². The fourth-order valence-electron chi connectivity index (χ4n) is 3.41. The van der Waals surface area contributed by atoms with Crippen LogP contribution < -0.4 is 15.1 Å². The summed E-state index contributed by atoms with van der Waals surface area (Å²) in [6.07, 6.45) is 0. The van der Waals surface area contributed by atoms with Crippen molar-refractivity contribution in [3.05, 3.63) is 105 Å². The number of benzene rings is 3. The smallest absolute Gasteiger partial charge is 0.355 e. The molecule has 1 heterocycles. The Morgan fingerprint density at radius 2 is 1.71 bits per heavy atom. The van der Waals surface area contributed by atoms with Gasteiger partial charge in [0.05, 0.1) is 4.90 Å². The maximum absolute atomic E-state index is 13.2. The van der Waals surface area contributed by atoms with Crippen LogP contribution >= 0.6 is 22.4 Å². The van der Waals surface area contributed by atoms with Crippen molar-refractivity contribution < 1.29 is 23.1 Å². The zero-order chi connectivity index (χ0) is 24.5. The van der Waals surface area contributed by atoms with E-state index in [0.717, 1.165) is 5.56 Å². The molecule has 34 heavy (non-hydrogen) atoms. The predicted molar refractivity (Wildman–Crippen MR) is 132 cm³/mol. The monoisotopic (exact) mass is 499 g/mol. The lowest BCUT2D eigenvalue weighted by atomic mass is 10.1. The van der Waals surface area contributed by atoms with Crippen LogP contribution in [0.25, 0.3) is 11.0 Å². The summed E-state index contributed by atoms with van der Waals surface area (Å²) in [5, 5.41) is 0.600. The van der Waals surface area contributed by atoms with Crippen molar-refractivity contribution in [2.75, 3.05) is 0 Å². The first-order valence-corrected chi connectivity index (χ1v) is 12.2. The average molecular weight is 500 g/mol. The molecule has 0 fully saturated rings. The first-order chi connectivity index (χ1) is 16.2. The molecule has 9 heteroatoms. The van der Waals surface area contributed by atoms with E-state index in [4.69, 9.17) is 20.8 Å². The molecule has 0 aliphatic carbocycles. The minimum Gasteiger partial charge on any atom is -0.425 e. The van der Waals surface area contributed by atoms with E-state index in [2.05, 4.69) is 4.72 Å². The Hall–Kier alpha value is -3.14. The van der Waals surface area contributed by atoms with Gasteiger partial charge in [-0.05, 0) is 49.2 Å². The van der Waals surface area contributed by atoms with Crippen LogP contribution in [0.2, 0.25) is 5.02 Å². The first kappa shape index (κ1) is 24.0. The van der Waals surface area contributed by atoms with Gasteiger partial charge >= 0.3 is 11.6 Å². The van der Waals surface area contributed by atoms with Gasteiger partial charge in [0.2, 0.25) is 0 Å². The molecule has 3 aromatic carbocycles. The highest BCUT2D eigenvalue weighted by Crippen LogP contribution is 2.46. The average Bonchev–Trinajstić information content (AvgIpc) is 2.82. The van der Waals surface area contributed by atoms with Crippen molar-refractivity contribution in [3.8, 4) is 5.75 Å². The van der Waals surface area contributed by atoms with Gasteiger partial charge in [-0.1, -0.05) is 59.6 Å². The highest BCUT2D eigenvalue weighted by Gasteiger charge is 2.29. The maximum atomic E-state index is 13.2. The lowest BCUT2D eigenvalue weighted by Crippen LogP contribution is -2.34. The molecule has 1 atom stereocenters. The number of nitrogens with one attached hydrogen (secondary N) is 1. The number of esters is 1.